The summed E-state index contributed by atoms with van der Waals surface area (Å²) in [5.41, 5.74) is 0. The molecule has 0 bridgehead atoms. The number of benzene rings is 1. The van der Waals surface area contributed by atoms with Crippen molar-refractivity contribution in [3.05, 3.63) is 30.3 Å². The number of aliphatic imine (C=N–C) groups is 1. The molecule has 0 spiro atoms. The van der Waals surface area contributed by atoms with Gasteiger partial charge in [-0.2, -0.15) is 0 Å². The summed E-state index contributed by atoms with van der Waals surface area (Å²) in [4.78, 5) is 17.8. The average molecular weight is 427 g/mol. The van der Waals surface area contributed by atoms with Gasteiger partial charge in [-0.15, -0.1) is 11.8 Å². The van der Waals surface area contributed by atoms with Crippen molar-refractivity contribution in [3.8, 4) is 0 Å². The van der Waals surface area contributed by atoms with E-state index in [1.54, 1.807) is 11.8 Å². The molecule has 0 saturated carbocycles. The molecule has 2 unspecified atom stereocenters. The van der Waals surface area contributed by atoms with Gasteiger partial charge in [-0.1, -0.05) is 25.1 Å². The van der Waals surface area contributed by atoms with Gasteiger partial charge in [0.05, 0.1) is 18.1 Å². The second kappa shape index (κ2) is 11.3. The van der Waals surface area contributed by atoms with E-state index in [0.29, 0.717) is 30.7 Å². The number of amides is 1. The summed E-state index contributed by atoms with van der Waals surface area (Å²) in [6.07, 6.45) is 0.776. The second-order valence-electron chi connectivity index (χ2n) is 6.81. The van der Waals surface area contributed by atoms with Crippen LogP contribution in [0.2, 0.25) is 0 Å². The minimum Gasteiger partial charge on any atom is -0.357 e. The van der Waals surface area contributed by atoms with Crippen LogP contribution in [0.15, 0.2) is 40.2 Å². The van der Waals surface area contributed by atoms with Gasteiger partial charge in [-0.3, -0.25) is 9.79 Å². The number of hydrogen-bond acceptors (Lipinski definition) is 5. The highest BCUT2D eigenvalue weighted by Gasteiger charge is 2.28. The van der Waals surface area contributed by atoms with Crippen LogP contribution in [0.5, 0.6) is 0 Å². The Bertz CT molecular complexity index is 754. The van der Waals surface area contributed by atoms with E-state index in [9.17, 15) is 13.2 Å². The molecule has 1 amide bonds. The Morgan fingerprint density at radius 3 is 2.68 bits per heavy atom. The normalized spacial score (nSPS) is 19.8. The second-order valence-corrected chi connectivity index (χ2v) is 10.5. The smallest absolute Gasteiger partial charge is 0.222 e. The van der Waals surface area contributed by atoms with Crippen molar-refractivity contribution in [2.75, 3.05) is 31.1 Å². The summed E-state index contributed by atoms with van der Waals surface area (Å²) in [5.74, 6) is 0.748. The lowest BCUT2D eigenvalue weighted by Crippen LogP contribution is -2.41. The zero-order chi connectivity index (χ0) is 20.4. The Balaban J connectivity index is 1.72. The summed E-state index contributed by atoms with van der Waals surface area (Å²) in [6, 6.07) is 9.97. The van der Waals surface area contributed by atoms with E-state index in [0.717, 1.165) is 6.54 Å². The Morgan fingerprint density at radius 1 is 1.29 bits per heavy atom. The largest absolute Gasteiger partial charge is 0.357 e. The van der Waals surface area contributed by atoms with Gasteiger partial charge in [0.1, 0.15) is 0 Å². The van der Waals surface area contributed by atoms with E-state index < -0.39 is 9.84 Å². The SMILES string of the molecule is CCNC(=NCC(C)Sc1ccccc1)NCCC(=O)NC1CCS(=O)(=O)C1. The van der Waals surface area contributed by atoms with Crippen LogP contribution in [0, 0.1) is 0 Å². The van der Waals surface area contributed by atoms with E-state index >= 15 is 0 Å². The van der Waals surface area contributed by atoms with Gasteiger partial charge in [0.2, 0.25) is 5.91 Å². The summed E-state index contributed by atoms with van der Waals surface area (Å²) < 4.78 is 22.9. The molecular weight excluding hydrogens is 396 g/mol. The fourth-order valence-electron chi connectivity index (χ4n) is 2.83. The third kappa shape index (κ3) is 8.52. The molecule has 9 heteroatoms. The summed E-state index contributed by atoms with van der Waals surface area (Å²) in [7, 11) is -2.98. The maximum absolute atomic E-state index is 12.0. The fourth-order valence-corrected chi connectivity index (χ4v) is 5.43. The van der Waals surface area contributed by atoms with Crippen LogP contribution < -0.4 is 16.0 Å². The zero-order valence-corrected chi connectivity index (χ0v) is 18.1. The lowest BCUT2D eigenvalue weighted by atomic mass is 10.2. The van der Waals surface area contributed by atoms with Crippen LogP contribution in [-0.4, -0.2) is 62.7 Å². The van der Waals surface area contributed by atoms with Crippen LogP contribution in [0.4, 0.5) is 0 Å². The molecule has 0 radical (unpaired) electrons. The Hall–Kier alpha value is -1.74. The Kier molecular flexibility index (Phi) is 9.11. The molecule has 1 aliphatic heterocycles. The van der Waals surface area contributed by atoms with Crippen LogP contribution in [0.3, 0.4) is 0 Å². The van der Waals surface area contributed by atoms with Gasteiger partial charge < -0.3 is 16.0 Å². The van der Waals surface area contributed by atoms with Crippen molar-refractivity contribution >= 4 is 33.5 Å². The molecule has 3 N–H and O–H groups in total. The number of hydrogen-bond donors (Lipinski definition) is 3. The van der Waals surface area contributed by atoms with Gasteiger partial charge in [-0.05, 0) is 25.5 Å². The van der Waals surface area contributed by atoms with Crippen molar-refractivity contribution < 1.29 is 13.2 Å². The van der Waals surface area contributed by atoms with Crippen molar-refractivity contribution in [1.29, 1.82) is 0 Å². The molecule has 0 aliphatic carbocycles. The van der Waals surface area contributed by atoms with Crippen LogP contribution >= 0.6 is 11.8 Å². The molecule has 2 rings (SSSR count). The van der Waals surface area contributed by atoms with Crippen LogP contribution in [0.25, 0.3) is 0 Å². The van der Waals surface area contributed by atoms with Gasteiger partial charge >= 0.3 is 0 Å². The fraction of sp³-hybridized carbons (Fsp3) is 0.579. The summed E-state index contributed by atoms with van der Waals surface area (Å²) >= 11 is 1.77. The average Bonchev–Trinajstić information content (AvgIpc) is 2.98. The number of sulfone groups is 1. The van der Waals surface area contributed by atoms with Gasteiger partial charge in [0.25, 0.3) is 0 Å². The molecule has 1 aliphatic rings. The monoisotopic (exact) mass is 426 g/mol. The molecule has 1 saturated heterocycles. The third-order valence-corrected chi connectivity index (χ3v) is 7.04. The van der Waals surface area contributed by atoms with Crippen molar-refractivity contribution in [3.63, 3.8) is 0 Å². The molecule has 7 nitrogen and oxygen atoms in total. The van der Waals surface area contributed by atoms with Crippen molar-refractivity contribution in [2.45, 2.75) is 42.9 Å². The molecule has 1 aromatic carbocycles. The topological polar surface area (TPSA) is 99.7 Å². The van der Waals surface area contributed by atoms with E-state index in [-0.39, 0.29) is 29.9 Å². The van der Waals surface area contributed by atoms with Gasteiger partial charge in [0.15, 0.2) is 15.8 Å². The maximum atomic E-state index is 12.0. The minimum absolute atomic E-state index is 0.0488. The molecule has 0 aromatic heterocycles. The number of rotatable bonds is 9. The molecule has 156 valence electrons. The number of nitrogens with zero attached hydrogens (tertiary/aromatic N) is 1. The van der Waals surface area contributed by atoms with Crippen LogP contribution in [0.1, 0.15) is 26.7 Å². The minimum atomic E-state index is -2.98. The highest BCUT2D eigenvalue weighted by molar-refractivity contribution is 8.00. The molecule has 2 atom stereocenters. The highest BCUT2D eigenvalue weighted by atomic mass is 32.2. The van der Waals surface area contributed by atoms with Crippen molar-refractivity contribution in [2.24, 2.45) is 4.99 Å². The van der Waals surface area contributed by atoms with E-state index in [1.165, 1.54) is 4.90 Å². The number of carbonyl (C=O) groups is 1. The lowest BCUT2D eigenvalue weighted by molar-refractivity contribution is -0.121. The first-order chi connectivity index (χ1) is 13.4. The first-order valence-corrected chi connectivity index (χ1v) is 12.3. The third-order valence-electron chi connectivity index (χ3n) is 4.17. The molecular formula is C19H30N4O3S2. The van der Waals surface area contributed by atoms with E-state index in [1.807, 2.05) is 25.1 Å². The summed E-state index contributed by atoms with van der Waals surface area (Å²) in [6.45, 7) is 5.96. The maximum Gasteiger partial charge on any atom is 0.222 e. The number of thioether (sulfide) groups is 1. The first-order valence-electron chi connectivity index (χ1n) is 9.61. The van der Waals surface area contributed by atoms with E-state index in [2.05, 4.69) is 40.0 Å². The number of nitrogens with one attached hydrogen (secondary N) is 3. The number of carbonyl (C=O) groups excluding carboxylic acids is 1. The van der Waals surface area contributed by atoms with Gasteiger partial charge in [0, 0.05) is 35.7 Å². The van der Waals surface area contributed by atoms with Gasteiger partial charge in [-0.25, -0.2) is 8.42 Å². The molecule has 1 heterocycles. The standard InChI is InChI=1S/C19H30N4O3S2/c1-3-20-19(22-13-15(2)27-17-7-5-4-6-8-17)21-11-9-18(24)23-16-10-12-28(25,26)14-16/h4-8,15-16H,3,9-14H2,1-2H3,(H,23,24)(H2,20,21,22). The predicted molar refractivity (Wildman–Crippen MR) is 116 cm³/mol. The molecule has 1 aromatic rings. The molecule has 28 heavy (non-hydrogen) atoms. The van der Waals surface area contributed by atoms with E-state index in [4.69, 9.17) is 0 Å². The predicted octanol–water partition coefficient (Wildman–Crippen LogP) is 1.42. The Morgan fingerprint density at radius 2 is 2.04 bits per heavy atom. The first kappa shape index (κ1) is 22.5. The number of guanidine groups is 1. The molecule has 1 fully saturated rings. The summed E-state index contributed by atoms with van der Waals surface area (Å²) in [5, 5.41) is 9.46. The Labute approximate surface area is 172 Å². The quantitative estimate of drug-likeness (QED) is 0.314. The highest BCUT2D eigenvalue weighted by Crippen LogP contribution is 2.22. The lowest BCUT2D eigenvalue weighted by Gasteiger charge is -2.14. The van der Waals surface area contributed by atoms with Crippen molar-refractivity contribution in [1.82, 2.24) is 16.0 Å². The van der Waals surface area contributed by atoms with Crippen LogP contribution in [-0.2, 0) is 14.6 Å². The zero-order valence-electron chi connectivity index (χ0n) is 16.5.